The summed E-state index contributed by atoms with van der Waals surface area (Å²) < 4.78 is 8.95. The zero-order chi connectivity index (χ0) is 11.1. The number of carbonyl (C=O) groups excluding carboxylic acids is 2. The van der Waals surface area contributed by atoms with Crippen molar-refractivity contribution < 1.29 is 19.1 Å². The van der Waals surface area contributed by atoms with Gasteiger partial charge in [0.25, 0.3) is 0 Å². The first-order valence-corrected chi connectivity index (χ1v) is 5.08. The van der Waals surface area contributed by atoms with Crippen LogP contribution < -0.4 is 0 Å². The second-order valence-electron chi connectivity index (χ2n) is 2.66. The van der Waals surface area contributed by atoms with E-state index in [-0.39, 0.29) is 0 Å². The van der Waals surface area contributed by atoms with Crippen molar-refractivity contribution in [3.8, 4) is 0 Å². The van der Waals surface area contributed by atoms with Gasteiger partial charge in [-0.05, 0) is 12.8 Å². The van der Waals surface area contributed by atoms with Crippen molar-refractivity contribution in [2.45, 2.75) is 23.3 Å². The molecule has 0 radical (unpaired) electrons. The second-order valence-corrected chi connectivity index (χ2v) is 3.90. The molecule has 82 valence electrons. The predicted octanol–water partition coefficient (Wildman–Crippen LogP) is 0.709. The van der Waals surface area contributed by atoms with Crippen molar-refractivity contribution in [3.63, 3.8) is 0 Å². The molecule has 0 aliphatic heterocycles. The molecule has 14 heavy (non-hydrogen) atoms. The average molecular weight is 238 g/mol. The lowest BCUT2D eigenvalue weighted by Crippen LogP contribution is -2.21. The molecule has 0 heterocycles. The molecule has 0 aromatic heterocycles. The van der Waals surface area contributed by atoms with Crippen LogP contribution in [0.1, 0.15) is 12.8 Å². The molecular weight excluding hydrogens is 224 g/mol. The quantitative estimate of drug-likeness (QED) is 0.547. The Morgan fingerprint density at radius 1 is 1.00 bits per heavy atom. The Labute approximate surface area is 94.2 Å². The Balaban J connectivity index is 3.82. The molecule has 0 amide bonds. The number of rotatable bonds is 5. The maximum atomic E-state index is 10.9. The van der Waals surface area contributed by atoms with Crippen LogP contribution in [-0.4, -0.2) is 36.7 Å². The van der Waals surface area contributed by atoms with E-state index in [0.717, 1.165) is 0 Å². The summed E-state index contributed by atoms with van der Waals surface area (Å²) in [5.74, 6) is -0.808. The summed E-state index contributed by atoms with van der Waals surface area (Å²) >= 11 is 8.03. The monoisotopic (exact) mass is 238 g/mol. The second kappa shape index (κ2) is 7.00. The minimum atomic E-state index is -0.515. The van der Waals surface area contributed by atoms with Gasteiger partial charge in [0.15, 0.2) is 0 Å². The molecule has 0 aromatic rings. The van der Waals surface area contributed by atoms with Gasteiger partial charge >= 0.3 is 11.9 Å². The number of carbonyl (C=O) groups is 2. The lowest BCUT2D eigenvalue weighted by Gasteiger charge is -2.11. The van der Waals surface area contributed by atoms with Gasteiger partial charge in [-0.25, -0.2) is 0 Å². The normalized spacial score (nSPS) is 14.3. The lowest BCUT2D eigenvalue weighted by atomic mass is 10.2. The number of hydrogen-bond acceptors (Lipinski definition) is 6. The predicted molar refractivity (Wildman–Crippen MR) is 58.8 cm³/mol. The van der Waals surface area contributed by atoms with E-state index in [1.165, 1.54) is 14.2 Å². The Morgan fingerprint density at radius 2 is 1.29 bits per heavy atom. The summed E-state index contributed by atoms with van der Waals surface area (Å²) in [6, 6.07) is 0. The lowest BCUT2D eigenvalue weighted by molar-refractivity contribution is -0.142. The van der Waals surface area contributed by atoms with E-state index in [2.05, 4.69) is 34.7 Å². The fourth-order valence-corrected chi connectivity index (χ4v) is 1.33. The van der Waals surface area contributed by atoms with Gasteiger partial charge in [0.2, 0.25) is 0 Å². The fraction of sp³-hybridized carbons (Fsp3) is 0.750. The van der Waals surface area contributed by atoms with Crippen LogP contribution >= 0.6 is 25.3 Å². The highest BCUT2D eigenvalue weighted by Gasteiger charge is 2.19. The number of ether oxygens (including phenoxy) is 2. The van der Waals surface area contributed by atoms with Crippen molar-refractivity contribution in [1.82, 2.24) is 0 Å². The third-order valence-corrected chi connectivity index (χ3v) is 2.60. The highest BCUT2D eigenvalue weighted by molar-refractivity contribution is 7.82. The van der Waals surface area contributed by atoms with E-state index >= 15 is 0 Å². The van der Waals surface area contributed by atoms with Crippen LogP contribution in [0, 0.1) is 0 Å². The van der Waals surface area contributed by atoms with Gasteiger partial charge in [-0.1, -0.05) is 0 Å². The van der Waals surface area contributed by atoms with Crippen molar-refractivity contribution in [2.75, 3.05) is 14.2 Å². The number of methoxy groups -OCH3 is 2. The van der Waals surface area contributed by atoms with E-state index in [0.29, 0.717) is 12.8 Å². The largest absolute Gasteiger partial charge is 0.468 e. The molecule has 0 N–H and O–H groups in total. The molecule has 2 unspecified atom stereocenters. The van der Waals surface area contributed by atoms with E-state index < -0.39 is 22.4 Å². The molecule has 0 saturated heterocycles. The van der Waals surface area contributed by atoms with Crippen LogP contribution in [0.5, 0.6) is 0 Å². The van der Waals surface area contributed by atoms with Crippen LogP contribution in [0.15, 0.2) is 0 Å². The van der Waals surface area contributed by atoms with Crippen LogP contribution in [0.3, 0.4) is 0 Å². The first-order valence-electron chi connectivity index (χ1n) is 4.04. The first-order chi connectivity index (χ1) is 6.52. The van der Waals surface area contributed by atoms with Crippen molar-refractivity contribution in [2.24, 2.45) is 0 Å². The van der Waals surface area contributed by atoms with Gasteiger partial charge < -0.3 is 9.47 Å². The fourth-order valence-electron chi connectivity index (χ4n) is 0.824. The SMILES string of the molecule is COC(=O)C(S)CCC(S)C(=O)OC. The number of hydrogen-bond donors (Lipinski definition) is 2. The van der Waals surface area contributed by atoms with E-state index in [9.17, 15) is 9.59 Å². The minimum Gasteiger partial charge on any atom is -0.468 e. The molecule has 0 spiro atoms. The van der Waals surface area contributed by atoms with Crippen molar-refractivity contribution in [3.05, 3.63) is 0 Å². The van der Waals surface area contributed by atoms with Gasteiger partial charge in [-0.3, -0.25) is 9.59 Å². The van der Waals surface area contributed by atoms with Crippen LogP contribution in [0.4, 0.5) is 0 Å². The minimum absolute atomic E-state index is 0.404. The van der Waals surface area contributed by atoms with Gasteiger partial charge in [-0.2, -0.15) is 25.3 Å². The highest BCUT2D eigenvalue weighted by atomic mass is 32.1. The Morgan fingerprint density at radius 3 is 1.50 bits per heavy atom. The number of thiol groups is 2. The molecular formula is C8H14O4S2. The third-order valence-electron chi connectivity index (χ3n) is 1.66. The Kier molecular flexibility index (Phi) is 6.82. The molecule has 0 aliphatic carbocycles. The molecule has 0 bridgehead atoms. The summed E-state index contributed by atoms with van der Waals surface area (Å²) in [5.41, 5.74) is 0. The molecule has 0 rings (SSSR count). The molecule has 2 atom stereocenters. The third kappa shape index (κ3) is 4.76. The van der Waals surface area contributed by atoms with Crippen LogP contribution in [0.2, 0.25) is 0 Å². The van der Waals surface area contributed by atoms with Gasteiger partial charge in [0.1, 0.15) is 0 Å². The van der Waals surface area contributed by atoms with Gasteiger partial charge in [0, 0.05) is 0 Å². The van der Waals surface area contributed by atoms with E-state index in [1.54, 1.807) is 0 Å². The maximum Gasteiger partial charge on any atom is 0.318 e. The molecule has 6 heteroatoms. The summed E-state index contributed by atoms with van der Waals surface area (Å²) in [5, 5.41) is -1.03. The highest BCUT2D eigenvalue weighted by Crippen LogP contribution is 2.13. The topological polar surface area (TPSA) is 52.6 Å². The number of esters is 2. The molecule has 0 aliphatic rings. The zero-order valence-corrected chi connectivity index (χ0v) is 9.89. The van der Waals surface area contributed by atoms with Crippen molar-refractivity contribution >= 4 is 37.2 Å². The Bertz CT molecular complexity index is 186. The molecule has 4 nitrogen and oxygen atoms in total. The maximum absolute atomic E-state index is 10.9. The van der Waals surface area contributed by atoms with Crippen LogP contribution in [-0.2, 0) is 19.1 Å². The summed E-state index contributed by atoms with van der Waals surface area (Å²) in [4.78, 5) is 21.8. The molecule has 0 aromatic carbocycles. The molecule has 0 saturated carbocycles. The molecule has 0 fully saturated rings. The van der Waals surface area contributed by atoms with Crippen molar-refractivity contribution in [1.29, 1.82) is 0 Å². The van der Waals surface area contributed by atoms with Gasteiger partial charge in [-0.15, -0.1) is 0 Å². The van der Waals surface area contributed by atoms with Gasteiger partial charge in [0.05, 0.1) is 24.7 Å². The van der Waals surface area contributed by atoms with E-state index in [4.69, 9.17) is 0 Å². The summed E-state index contributed by atoms with van der Waals surface area (Å²) in [7, 11) is 2.59. The summed E-state index contributed by atoms with van der Waals surface area (Å²) in [6.45, 7) is 0. The first kappa shape index (κ1) is 13.6. The Hall–Kier alpha value is -0.360. The van der Waals surface area contributed by atoms with E-state index in [1.807, 2.05) is 0 Å². The van der Waals surface area contributed by atoms with Crippen LogP contribution in [0.25, 0.3) is 0 Å². The standard InChI is InChI=1S/C8H14O4S2/c1-11-7(9)5(13)3-4-6(14)8(10)12-2/h5-6,13-14H,3-4H2,1-2H3. The zero-order valence-electron chi connectivity index (χ0n) is 8.10. The summed E-state index contributed by atoms with van der Waals surface area (Å²) in [6.07, 6.45) is 0.859. The average Bonchev–Trinajstić information content (AvgIpc) is 2.22. The smallest absolute Gasteiger partial charge is 0.318 e.